The fourth-order valence-electron chi connectivity index (χ4n) is 2.34. The highest BCUT2D eigenvalue weighted by Crippen LogP contribution is 2.23. The fourth-order valence-corrected chi connectivity index (χ4v) is 2.34. The zero-order chi connectivity index (χ0) is 18.2. The first kappa shape index (κ1) is 20.2. The van der Waals surface area contributed by atoms with Gasteiger partial charge in [0, 0.05) is 45.8 Å². The lowest BCUT2D eigenvalue weighted by molar-refractivity contribution is -0.129. The van der Waals surface area contributed by atoms with E-state index in [-0.39, 0.29) is 23.7 Å². The molecule has 0 aliphatic rings. The van der Waals surface area contributed by atoms with Crippen LogP contribution in [0.3, 0.4) is 0 Å². The number of carbonyl (C=O) groups excluding carboxylic acids is 2. The van der Waals surface area contributed by atoms with Crippen LogP contribution < -0.4 is 5.32 Å². The Labute approximate surface area is 145 Å². The first-order chi connectivity index (χ1) is 11.2. The topological polar surface area (TPSA) is 58.6 Å². The van der Waals surface area contributed by atoms with Crippen LogP contribution in [0, 0.1) is 0 Å². The molecule has 0 aromatic heterocycles. The van der Waals surface area contributed by atoms with Gasteiger partial charge in [0.1, 0.15) is 0 Å². The number of rotatable bonds is 8. The highest BCUT2D eigenvalue weighted by atomic mass is 16.5. The van der Waals surface area contributed by atoms with Crippen LogP contribution in [0.15, 0.2) is 24.3 Å². The van der Waals surface area contributed by atoms with Crippen LogP contribution >= 0.6 is 0 Å². The Morgan fingerprint density at radius 3 is 2.25 bits per heavy atom. The third-order valence-corrected chi connectivity index (χ3v) is 3.87. The maximum absolute atomic E-state index is 12.1. The Hall–Kier alpha value is -1.88. The van der Waals surface area contributed by atoms with Gasteiger partial charge in [-0.3, -0.25) is 9.59 Å². The first-order valence-corrected chi connectivity index (χ1v) is 8.39. The predicted octanol–water partition coefficient (Wildman–Crippen LogP) is 3.20. The van der Waals surface area contributed by atoms with Crippen LogP contribution in [-0.4, -0.2) is 43.5 Å². The minimum atomic E-state index is -0.0866. The zero-order valence-corrected chi connectivity index (χ0v) is 15.5. The summed E-state index contributed by atoms with van der Waals surface area (Å²) < 4.78 is 4.99. The van der Waals surface area contributed by atoms with E-state index >= 15 is 0 Å². The second-order valence-electron chi connectivity index (χ2n) is 6.98. The van der Waals surface area contributed by atoms with E-state index in [0.29, 0.717) is 19.7 Å². The quantitative estimate of drug-likeness (QED) is 0.743. The van der Waals surface area contributed by atoms with Crippen LogP contribution in [0.5, 0.6) is 0 Å². The molecule has 1 rings (SSSR count). The average molecular weight is 334 g/mol. The predicted molar refractivity (Wildman–Crippen MR) is 97.1 cm³/mol. The van der Waals surface area contributed by atoms with E-state index in [9.17, 15) is 9.59 Å². The molecule has 2 amide bonds. The molecule has 0 heterocycles. The SMILES string of the molecule is COCCCN(CCC(=O)Nc1ccc(C(C)(C)C)cc1)C(C)=O. The van der Waals surface area contributed by atoms with Gasteiger partial charge in [0.2, 0.25) is 11.8 Å². The summed E-state index contributed by atoms with van der Waals surface area (Å²) >= 11 is 0. The summed E-state index contributed by atoms with van der Waals surface area (Å²) in [5.74, 6) is -0.107. The minimum absolute atomic E-state index is 0.0200. The van der Waals surface area contributed by atoms with Crippen molar-refractivity contribution >= 4 is 17.5 Å². The van der Waals surface area contributed by atoms with E-state index in [2.05, 4.69) is 26.1 Å². The van der Waals surface area contributed by atoms with Crippen LogP contribution in [0.2, 0.25) is 0 Å². The maximum atomic E-state index is 12.1. The first-order valence-electron chi connectivity index (χ1n) is 8.39. The summed E-state index contributed by atoms with van der Waals surface area (Å²) in [4.78, 5) is 25.4. The molecule has 1 aromatic carbocycles. The van der Waals surface area contributed by atoms with E-state index in [1.807, 2.05) is 24.3 Å². The van der Waals surface area contributed by atoms with Gasteiger partial charge in [0.15, 0.2) is 0 Å². The Morgan fingerprint density at radius 1 is 1.12 bits per heavy atom. The lowest BCUT2D eigenvalue weighted by Crippen LogP contribution is -2.33. The fraction of sp³-hybridized carbons (Fsp3) is 0.579. The van der Waals surface area contributed by atoms with Crippen molar-refractivity contribution in [3.63, 3.8) is 0 Å². The van der Waals surface area contributed by atoms with Crippen molar-refractivity contribution in [2.45, 2.75) is 46.0 Å². The molecule has 134 valence electrons. The summed E-state index contributed by atoms with van der Waals surface area (Å²) in [5.41, 5.74) is 2.09. The second kappa shape index (κ2) is 9.42. The molecule has 0 spiro atoms. The number of carbonyl (C=O) groups is 2. The summed E-state index contributed by atoms with van der Waals surface area (Å²) in [6, 6.07) is 7.89. The number of nitrogens with zero attached hydrogens (tertiary/aromatic N) is 1. The molecule has 0 fully saturated rings. The Bertz CT molecular complexity index is 533. The summed E-state index contributed by atoms with van der Waals surface area (Å²) in [6.07, 6.45) is 1.06. The van der Waals surface area contributed by atoms with Gasteiger partial charge in [-0.05, 0) is 29.5 Å². The van der Waals surface area contributed by atoms with Gasteiger partial charge in [-0.25, -0.2) is 0 Å². The third-order valence-electron chi connectivity index (χ3n) is 3.87. The molecular weight excluding hydrogens is 304 g/mol. The highest BCUT2D eigenvalue weighted by Gasteiger charge is 2.14. The number of hydrogen-bond acceptors (Lipinski definition) is 3. The number of ether oxygens (including phenoxy) is 1. The summed E-state index contributed by atoms with van der Waals surface area (Å²) in [6.45, 7) is 9.62. The van der Waals surface area contributed by atoms with Crippen LogP contribution in [0.4, 0.5) is 5.69 Å². The number of nitrogens with one attached hydrogen (secondary N) is 1. The molecule has 0 atom stereocenters. The largest absolute Gasteiger partial charge is 0.385 e. The Kier molecular flexibility index (Phi) is 7.92. The molecule has 5 nitrogen and oxygen atoms in total. The third kappa shape index (κ3) is 7.13. The Balaban J connectivity index is 2.48. The molecule has 0 saturated carbocycles. The molecule has 0 radical (unpaired) electrons. The Morgan fingerprint density at radius 2 is 1.75 bits per heavy atom. The molecule has 0 unspecified atom stereocenters. The smallest absolute Gasteiger partial charge is 0.226 e. The molecular formula is C19H30N2O3. The monoisotopic (exact) mass is 334 g/mol. The second-order valence-corrected chi connectivity index (χ2v) is 6.98. The molecule has 5 heteroatoms. The van der Waals surface area contributed by atoms with E-state index in [1.165, 1.54) is 12.5 Å². The van der Waals surface area contributed by atoms with Gasteiger partial charge in [0.25, 0.3) is 0 Å². The number of amides is 2. The highest BCUT2D eigenvalue weighted by molar-refractivity contribution is 5.91. The molecule has 0 aliphatic heterocycles. The van der Waals surface area contributed by atoms with Crippen molar-refractivity contribution in [1.29, 1.82) is 0 Å². The van der Waals surface area contributed by atoms with Crippen molar-refractivity contribution < 1.29 is 14.3 Å². The number of benzene rings is 1. The zero-order valence-electron chi connectivity index (χ0n) is 15.5. The number of hydrogen-bond donors (Lipinski definition) is 1. The van der Waals surface area contributed by atoms with Crippen molar-refractivity contribution in [1.82, 2.24) is 4.90 Å². The van der Waals surface area contributed by atoms with Crippen molar-refractivity contribution in [2.75, 3.05) is 32.1 Å². The van der Waals surface area contributed by atoms with Crippen molar-refractivity contribution in [3.8, 4) is 0 Å². The van der Waals surface area contributed by atoms with Crippen LogP contribution in [-0.2, 0) is 19.7 Å². The van der Waals surface area contributed by atoms with Gasteiger partial charge >= 0.3 is 0 Å². The van der Waals surface area contributed by atoms with E-state index in [1.54, 1.807) is 12.0 Å². The van der Waals surface area contributed by atoms with E-state index < -0.39 is 0 Å². The lowest BCUT2D eigenvalue weighted by atomic mass is 9.87. The van der Waals surface area contributed by atoms with Crippen LogP contribution in [0.1, 0.15) is 46.1 Å². The van der Waals surface area contributed by atoms with E-state index in [0.717, 1.165) is 12.1 Å². The molecule has 0 aliphatic carbocycles. The normalized spacial score (nSPS) is 11.2. The number of anilines is 1. The van der Waals surface area contributed by atoms with Gasteiger partial charge < -0.3 is 15.0 Å². The van der Waals surface area contributed by atoms with Gasteiger partial charge in [-0.1, -0.05) is 32.9 Å². The van der Waals surface area contributed by atoms with Crippen molar-refractivity contribution in [2.24, 2.45) is 0 Å². The summed E-state index contributed by atoms with van der Waals surface area (Å²) in [7, 11) is 1.64. The molecule has 0 saturated heterocycles. The van der Waals surface area contributed by atoms with Crippen LogP contribution in [0.25, 0.3) is 0 Å². The minimum Gasteiger partial charge on any atom is -0.385 e. The maximum Gasteiger partial charge on any atom is 0.226 e. The molecule has 24 heavy (non-hydrogen) atoms. The molecule has 1 aromatic rings. The van der Waals surface area contributed by atoms with Gasteiger partial charge in [-0.2, -0.15) is 0 Å². The molecule has 1 N–H and O–H groups in total. The average Bonchev–Trinajstić information content (AvgIpc) is 2.50. The van der Waals surface area contributed by atoms with E-state index in [4.69, 9.17) is 4.74 Å². The lowest BCUT2D eigenvalue weighted by Gasteiger charge is -2.21. The van der Waals surface area contributed by atoms with Gasteiger partial charge in [0.05, 0.1) is 0 Å². The molecule has 0 bridgehead atoms. The number of methoxy groups -OCH3 is 1. The standard InChI is InChI=1S/C19H30N2O3/c1-15(22)21(12-6-14-24-5)13-11-18(23)20-17-9-7-16(8-10-17)19(2,3)4/h7-10H,6,11-14H2,1-5H3,(H,20,23). The summed E-state index contributed by atoms with van der Waals surface area (Å²) in [5, 5.41) is 2.88. The van der Waals surface area contributed by atoms with Gasteiger partial charge in [-0.15, -0.1) is 0 Å². The van der Waals surface area contributed by atoms with Crippen molar-refractivity contribution in [3.05, 3.63) is 29.8 Å².